The molecule has 0 fully saturated rings. The van der Waals surface area contributed by atoms with Crippen LogP contribution < -0.4 is 5.46 Å². The van der Waals surface area contributed by atoms with E-state index in [2.05, 4.69) is 15.9 Å². The third-order valence-corrected chi connectivity index (χ3v) is 2.63. The van der Waals surface area contributed by atoms with Crippen LogP contribution in [-0.4, -0.2) is 17.5 Å². The van der Waals surface area contributed by atoms with Crippen molar-refractivity contribution >= 4 is 28.5 Å². The van der Waals surface area contributed by atoms with E-state index in [0.717, 1.165) is 16.4 Å². The van der Waals surface area contributed by atoms with Crippen LogP contribution in [0.1, 0.15) is 11.7 Å². The van der Waals surface area contributed by atoms with Gasteiger partial charge in [0.25, 0.3) is 0 Å². The zero-order valence-corrected chi connectivity index (χ0v) is 7.99. The predicted molar refractivity (Wildman–Crippen MR) is 51.7 cm³/mol. The summed E-state index contributed by atoms with van der Waals surface area (Å²) < 4.78 is 5.29. The van der Waals surface area contributed by atoms with Gasteiger partial charge in [0.1, 0.15) is 0 Å². The van der Waals surface area contributed by atoms with E-state index in [-0.39, 0.29) is 6.10 Å². The molecule has 1 aromatic carbocycles. The first-order valence-corrected chi connectivity index (χ1v) is 4.93. The van der Waals surface area contributed by atoms with Crippen LogP contribution in [0.2, 0.25) is 0 Å². The second-order valence-corrected chi connectivity index (χ2v) is 3.41. The van der Waals surface area contributed by atoms with Crippen LogP contribution in [0.25, 0.3) is 0 Å². The quantitative estimate of drug-likeness (QED) is 0.568. The molecule has 0 saturated heterocycles. The first kappa shape index (κ1) is 8.29. The number of hydrogen-bond acceptors (Lipinski definition) is 2. The Hall–Kier alpha value is -0.315. The van der Waals surface area contributed by atoms with Gasteiger partial charge in [-0.3, -0.25) is 0 Å². The van der Waals surface area contributed by atoms with Gasteiger partial charge in [-0.05, 0) is 11.0 Å². The molecule has 0 bridgehead atoms. The summed E-state index contributed by atoms with van der Waals surface area (Å²) in [6.45, 7) is 0. The van der Waals surface area contributed by atoms with Crippen molar-refractivity contribution in [2.45, 2.75) is 6.10 Å². The maximum atomic E-state index is 9.44. The van der Waals surface area contributed by atoms with Gasteiger partial charge in [0.05, 0.1) is 6.10 Å². The zero-order valence-electron chi connectivity index (χ0n) is 6.40. The van der Waals surface area contributed by atoms with Crippen molar-refractivity contribution in [3.05, 3.63) is 29.8 Å². The topological polar surface area (TPSA) is 29.5 Å². The molecule has 1 atom stereocenters. The standard InChI is InChI=1S/C8H8BBrO2/c10-5-8-6-3-1-2-4-7(6)9(11)12-8/h1-4,8,11H,5H2. The van der Waals surface area contributed by atoms with E-state index < -0.39 is 7.12 Å². The minimum Gasteiger partial charge on any atom is -0.423 e. The van der Waals surface area contributed by atoms with E-state index in [1.807, 2.05) is 24.3 Å². The molecule has 4 heteroatoms. The normalized spacial score (nSPS) is 21.2. The van der Waals surface area contributed by atoms with Gasteiger partial charge in [0.2, 0.25) is 0 Å². The van der Waals surface area contributed by atoms with E-state index in [4.69, 9.17) is 4.65 Å². The predicted octanol–water partition coefficient (Wildman–Crippen LogP) is 0.840. The second-order valence-electron chi connectivity index (χ2n) is 2.76. The molecule has 1 aromatic rings. The summed E-state index contributed by atoms with van der Waals surface area (Å²) >= 11 is 3.34. The fourth-order valence-electron chi connectivity index (χ4n) is 1.45. The van der Waals surface area contributed by atoms with Crippen LogP contribution in [0.15, 0.2) is 24.3 Å². The number of alkyl halides is 1. The smallest absolute Gasteiger partial charge is 0.423 e. The first-order valence-electron chi connectivity index (χ1n) is 3.81. The Balaban J connectivity index is 2.43. The summed E-state index contributed by atoms with van der Waals surface area (Å²) in [5.74, 6) is 0. The highest BCUT2D eigenvalue weighted by Crippen LogP contribution is 2.24. The average molecular weight is 227 g/mol. The Kier molecular flexibility index (Phi) is 2.21. The van der Waals surface area contributed by atoms with Gasteiger partial charge in [-0.2, -0.15) is 0 Å². The summed E-state index contributed by atoms with van der Waals surface area (Å²) in [6, 6.07) is 7.73. The molecule has 0 aliphatic carbocycles. The Bertz CT molecular complexity index is 292. The fourth-order valence-corrected chi connectivity index (χ4v) is 1.95. The Labute approximate surface area is 79.8 Å². The van der Waals surface area contributed by atoms with E-state index in [0.29, 0.717) is 0 Å². The van der Waals surface area contributed by atoms with E-state index >= 15 is 0 Å². The molecule has 0 amide bonds. The maximum absolute atomic E-state index is 9.44. The van der Waals surface area contributed by atoms with E-state index in [9.17, 15) is 5.02 Å². The molecule has 1 aliphatic rings. The summed E-state index contributed by atoms with van der Waals surface area (Å²) in [7, 11) is -0.747. The summed E-state index contributed by atoms with van der Waals surface area (Å²) in [4.78, 5) is 0. The molecule has 1 heterocycles. The Morgan fingerprint density at radius 1 is 1.50 bits per heavy atom. The molecule has 2 rings (SSSR count). The Morgan fingerprint density at radius 3 is 3.00 bits per heavy atom. The minimum atomic E-state index is -0.747. The number of rotatable bonds is 1. The van der Waals surface area contributed by atoms with Crippen LogP contribution >= 0.6 is 15.9 Å². The van der Waals surface area contributed by atoms with Gasteiger partial charge in [0.15, 0.2) is 0 Å². The van der Waals surface area contributed by atoms with Crippen LogP contribution in [0.5, 0.6) is 0 Å². The molecule has 62 valence electrons. The van der Waals surface area contributed by atoms with Crippen molar-refractivity contribution in [3.63, 3.8) is 0 Å². The number of benzene rings is 1. The van der Waals surface area contributed by atoms with Gasteiger partial charge >= 0.3 is 7.12 Å². The molecule has 2 nitrogen and oxygen atoms in total. The number of hydrogen-bond donors (Lipinski definition) is 1. The van der Waals surface area contributed by atoms with Gasteiger partial charge in [0, 0.05) is 5.33 Å². The van der Waals surface area contributed by atoms with E-state index in [1.165, 1.54) is 0 Å². The molecule has 12 heavy (non-hydrogen) atoms. The SMILES string of the molecule is OB1OC(CBr)c2ccccc21. The lowest BCUT2D eigenvalue weighted by atomic mass is 9.79. The monoisotopic (exact) mass is 226 g/mol. The van der Waals surface area contributed by atoms with Crippen molar-refractivity contribution in [2.75, 3.05) is 5.33 Å². The molecular weight excluding hydrogens is 219 g/mol. The third kappa shape index (κ3) is 1.20. The van der Waals surface area contributed by atoms with E-state index in [1.54, 1.807) is 0 Å². The van der Waals surface area contributed by atoms with Gasteiger partial charge in [-0.1, -0.05) is 40.2 Å². The fraction of sp³-hybridized carbons (Fsp3) is 0.250. The highest BCUT2D eigenvalue weighted by Gasteiger charge is 2.33. The van der Waals surface area contributed by atoms with Crippen LogP contribution in [0, 0.1) is 0 Å². The van der Waals surface area contributed by atoms with Crippen LogP contribution in [0.3, 0.4) is 0 Å². The summed E-state index contributed by atoms with van der Waals surface area (Å²) in [5, 5.41) is 10.2. The molecular formula is C8H8BBrO2. The van der Waals surface area contributed by atoms with Crippen molar-refractivity contribution in [1.82, 2.24) is 0 Å². The van der Waals surface area contributed by atoms with Gasteiger partial charge in [-0.25, -0.2) is 0 Å². The molecule has 1 aliphatic heterocycles. The number of fused-ring (bicyclic) bond motifs is 1. The Morgan fingerprint density at radius 2 is 2.25 bits per heavy atom. The lowest BCUT2D eigenvalue weighted by Crippen LogP contribution is -2.27. The maximum Gasteiger partial charge on any atom is 0.492 e. The first-order chi connectivity index (χ1) is 5.83. The minimum absolute atomic E-state index is 0.00352. The molecule has 1 N–H and O–H groups in total. The summed E-state index contributed by atoms with van der Waals surface area (Å²) in [5.41, 5.74) is 1.98. The lowest BCUT2D eigenvalue weighted by Gasteiger charge is -2.06. The number of halogens is 1. The highest BCUT2D eigenvalue weighted by atomic mass is 79.9. The average Bonchev–Trinajstić information content (AvgIpc) is 2.44. The highest BCUT2D eigenvalue weighted by molar-refractivity contribution is 9.09. The van der Waals surface area contributed by atoms with Crippen LogP contribution in [-0.2, 0) is 4.65 Å². The zero-order chi connectivity index (χ0) is 8.55. The molecule has 0 radical (unpaired) electrons. The second kappa shape index (κ2) is 3.20. The van der Waals surface area contributed by atoms with Crippen molar-refractivity contribution in [2.24, 2.45) is 0 Å². The van der Waals surface area contributed by atoms with Crippen molar-refractivity contribution in [1.29, 1.82) is 0 Å². The molecule has 0 saturated carbocycles. The summed E-state index contributed by atoms with van der Waals surface area (Å²) in [6.07, 6.45) is -0.00352. The lowest BCUT2D eigenvalue weighted by molar-refractivity contribution is 0.214. The van der Waals surface area contributed by atoms with Gasteiger partial charge < -0.3 is 9.68 Å². The van der Waals surface area contributed by atoms with Gasteiger partial charge in [-0.15, -0.1) is 0 Å². The molecule has 0 spiro atoms. The van der Waals surface area contributed by atoms with Crippen LogP contribution in [0.4, 0.5) is 0 Å². The molecule has 1 unspecified atom stereocenters. The van der Waals surface area contributed by atoms with Crippen molar-refractivity contribution < 1.29 is 9.68 Å². The third-order valence-electron chi connectivity index (χ3n) is 2.04. The molecule has 0 aromatic heterocycles. The largest absolute Gasteiger partial charge is 0.492 e. The van der Waals surface area contributed by atoms with Crippen molar-refractivity contribution in [3.8, 4) is 0 Å².